The summed E-state index contributed by atoms with van der Waals surface area (Å²) in [7, 11) is -2.49. The molecule has 1 aliphatic heterocycles. The summed E-state index contributed by atoms with van der Waals surface area (Å²) in [6.45, 7) is 0.118. The summed E-state index contributed by atoms with van der Waals surface area (Å²) >= 11 is 5.75. The van der Waals surface area contributed by atoms with Crippen LogP contribution in [-0.2, 0) is 19.6 Å². The number of aliphatic carboxylic acids is 1. The second-order valence-corrected chi connectivity index (χ2v) is 8.18. The van der Waals surface area contributed by atoms with Crippen LogP contribution < -0.4 is 0 Å². The highest BCUT2D eigenvalue weighted by Gasteiger charge is 2.32. The van der Waals surface area contributed by atoms with E-state index in [4.69, 9.17) is 16.7 Å². The molecule has 9 heteroatoms. The summed E-state index contributed by atoms with van der Waals surface area (Å²) in [4.78, 5) is 24.8. The molecule has 0 radical (unpaired) electrons. The molecular weight excluding hydrogens is 356 g/mol. The molecule has 0 aliphatic carbocycles. The first-order valence-electron chi connectivity index (χ1n) is 7.45. The van der Waals surface area contributed by atoms with Gasteiger partial charge in [-0.3, -0.25) is 9.59 Å². The van der Waals surface area contributed by atoms with Gasteiger partial charge in [0.1, 0.15) is 0 Å². The number of carbonyl (C=O) groups is 2. The molecule has 132 valence electrons. The Kier molecular flexibility index (Phi) is 5.84. The number of sulfonamides is 1. The van der Waals surface area contributed by atoms with Crippen molar-refractivity contribution >= 4 is 33.5 Å². The smallest absolute Gasteiger partial charge is 0.305 e. The van der Waals surface area contributed by atoms with Crippen molar-refractivity contribution in [3.8, 4) is 0 Å². The van der Waals surface area contributed by atoms with E-state index in [0.717, 1.165) is 10.7 Å². The van der Waals surface area contributed by atoms with Crippen molar-refractivity contribution in [1.82, 2.24) is 9.21 Å². The van der Waals surface area contributed by atoms with E-state index in [1.165, 1.54) is 36.2 Å². The highest BCUT2D eigenvalue weighted by molar-refractivity contribution is 7.89. The van der Waals surface area contributed by atoms with Crippen molar-refractivity contribution in [2.45, 2.75) is 30.2 Å². The molecule has 0 spiro atoms. The Morgan fingerprint density at radius 3 is 2.54 bits per heavy atom. The van der Waals surface area contributed by atoms with E-state index >= 15 is 0 Å². The average molecular weight is 375 g/mol. The molecule has 1 aromatic carbocycles. The Morgan fingerprint density at radius 2 is 1.96 bits per heavy atom. The maximum Gasteiger partial charge on any atom is 0.305 e. The Balaban J connectivity index is 2.07. The number of nitrogens with zero attached hydrogens (tertiary/aromatic N) is 2. The van der Waals surface area contributed by atoms with Gasteiger partial charge in [0.25, 0.3) is 0 Å². The molecule has 0 bridgehead atoms. The lowest BCUT2D eigenvalue weighted by molar-refractivity contribution is -0.139. The Bertz CT molecular complexity index is 720. The number of carboxylic acid groups (broad SMARTS) is 1. The van der Waals surface area contributed by atoms with E-state index in [1.54, 1.807) is 0 Å². The fourth-order valence-corrected chi connectivity index (χ4v) is 3.98. The minimum atomic E-state index is -3.81. The van der Waals surface area contributed by atoms with Crippen LogP contribution in [0.3, 0.4) is 0 Å². The molecule has 1 heterocycles. The van der Waals surface area contributed by atoms with Gasteiger partial charge in [-0.1, -0.05) is 11.6 Å². The van der Waals surface area contributed by atoms with Gasteiger partial charge in [0.05, 0.1) is 17.9 Å². The summed E-state index contributed by atoms with van der Waals surface area (Å²) in [5, 5.41) is 9.32. The van der Waals surface area contributed by atoms with E-state index in [0.29, 0.717) is 18.0 Å². The van der Waals surface area contributed by atoms with Gasteiger partial charge in [-0.15, -0.1) is 0 Å². The zero-order valence-electron chi connectivity index (χ0n) is 13.2. The van der Waals surface area contributed by atoms with Crippen molar-refractivity contribution in [3.05, 3.63) is 29.3 Å². The van der Waals surface area contributed by atoms with Crippen LogP contribution in [0.1, 0.15) is 19.3 Å². The van der Waals surface area contributed by atoms with Crippen molar-refractivity contribution in [2.75, 3.05) is 20.1 Å². The predicted octanol–water partition coefficient (Wildman–Crippen LogP) is 1.43. The summed E-state index contributed by atoms with van der Waals surface area (Å²) in [6.07, 6.45) is 1.21. The van der Waals surface area contributed by atoms with E-state index in [-0.39, 0.29) is 23.9 Å². The number of amides is 1. The monoisotopic (exact) mass is 374 g/mol. The zero-order valence-corrected chi connectivity index (χ0v) is 14.8. The molecule has 1 fully saturated rings. The SMILES string of the molecule is CN(CC(=O)N1CCCC1CC(=O)O)S(=O)(=O)c1ccc(Cl)cc1. The van der Waals surface area contributed by atoms with E-state index in [1.807, 2.05) is 0 Å². The number of carboxylic acids is 1. The minimum absolute atomic E-state index is 0.0470. The normalized spacial score (nSPS) is 18.1. The topological polar surface area (TPSA) is 95.0 Å². The van der Waals surface area contributed by atoms with Crippen LogP contribution in [0.15, 0.2) is 29.2 Å². The third-order valence-electron chi connectivity index (χ3n) is 3.99. The van der Waals surface area contributed by atoms with Gasteiger partial charge >= 0.3 is 5.97 Å². The molecule has 1 unspecified atom stereocenters. The number of carbonyl (C=O) groups excluding carboxylic acids is 1. The van der Waals surface area contributed by atoms with Gasteiger partial charge < -0.3 is 10.0 Å². The Morgan fingerprint density at radius 1 is 1.33 bits per heavy atom. The number of rotatable bonds is 6. The van der Waals surface area contributed by atoms with Crippen LogP contribution in [-0.4, -0.2) is 60.8 Å². The first-order valence-corrected chi connectivity index (χ1v) is 9.27. The largest absolute Gasteiger partial charge is 0.481 e. The summed E-state index contributed by atoms with van der Waals surface area (Å²) in [6, 6.07) is 5.31. The van der Waals surface area contributed by atoms with Crippen LogP contribution in [0.5, 0.6) is 0 Å². The average Bonchev–Trinajstić information content (AvgIpc) is 2.95. The number of halogens is 1. The van der Waals surface area contributed by atoms with Gasteiger partial charge in [-0.2, -0.15) is 4.31 Å². The van der Waals surface area contributed by atoms with Gasteiger partial charge in [0.15, 0.2) is 0 Å². The second kappa shape index (κ2) is 7.50. The lowest BCUT2D eigenvalue weighted by Crippen LogP contribution is -2.43. The van der Waals surface area contributed by atoms with Crippen molar-refractivity contribution < 1.29 is 23.1 Å². The maximum absolute atomic E-state index is 12.5. The molecule has 1 aromatic rings. The van der Waals surface area contributed by atoms with Crippen molar-refractivity contribution in [2.24, 2.45) is 0 Å². The number of likely N-dealkylation sites (tertiary alicyclic amines) is 1. The van der Waals surface area contributed by atoms with E-state index in [2.05, 4.69) is 0 Å². The summed E-state index contributed by atoms with van der Waals surface area (Å²) in [5.74, 6) is -1.36. The highest BCUT2D eigenvalue weighted by Crippen LogP contribution is 2.22. The molecule has 1 N–H and O–H groups in total. The van der Waals surface area contributed by atoms with E-state index < -0.39 is 21.9 Å². The molecule has 1 amide bonds. The molecule has 1 atom stereocenters. The Labute approximate surface area is 145 Å². The third-order valence-corrected chi connectivity index (χ3v) is 6.06. The van der Waals surface area contributed by atoms with Crippen molar-refractivity contribution in [1.29, 1.82) is 0 Å². The summed E-state index contributed by atoms with van der Waals surface area (Å²) in [5.41, 5.74) is 0. The molecule has 1 saturated heterocycles. The molecule has 1 aliphatic rings. The van der Waals surface area contributed by atoms with Crippen LogP contribution in [0, 0.1) is 0 Å². The Hall–Kier alpha value is -1.64. The van der Waals surface area contributed by atoms with Crippen LogP contribution in [0.25, 0.3) is 0 Å². The summed E-state index contributed by atoms with van der Waals surface area (Å²) < 4.78 is 25.9. The predicted molar refractivity (Wildman–Crippen MR) is 88.3 cm³/mol. The first kappa shape index (κ1) is 18.7. The van der Waals surface area contributed by atoms with Crippen LogP contribution in [0.4, 0.5) is 0 Å². The van der Waals surface area contributed by atoms with Crippen molar-refractivity contribution in [3.63, 3.8) is 0 Å². The lowest BCUT2D eigenvalue weighted by atomic mass is 10.1. The zero-order chi connectivity index (χ0) is 17.9. The standard InChI is InChI=1S/C15H19ClN2O5S/c1-17(24(22,23)13-6-4-11(16)5-7-13)10-14(19)18-8-2-3-12(18)9-15(20)21/h4-7,12H,2-3,8-10H2,1H3,(H,20,21). The molecule has 24 heavy (non-hydrogen) atoms. The van der Waals surface area contributed by atoms with Crippen LogP contribution >= 0.6 is 11.6 Å². The van der Waals surface area contributed by atoms with E-state index in [9.17, 15) is 18.0 Å². The molecular formula is C15H19ClN2O5S. The van der Waals surface area contributed by atoms with Crippen LogP contribution in [0.2, 0.25) is 5.02 Å². The second-order valence-electron chi connectivity index (χ2n) is 5.70. The number of hydrogen-bond acceptors (Lipinski definition) is 4. The molecule has 7 nitrogen and oxygen atoms in total. The van der Waals surface area contributed by atoms with Gasteiger partial charge in [-0.25, -0.2) is 8.42 Å². The fraction of sp³-hybridized carbons (Fsp3) is 0.467. The lowest BCUT2D eigenvalue weighted by Gasteiger charge is -2.26. The maximum atomic E-state index is 12.5. The number of likely N-dealkylation sites (N-methyl/N-ethyl adjacent to an activating group) is 1. The number of hydrogen-bond donors (Lipinski definition) is 1. The van der Waals surface area contributed by atoms with Gasteiger partial charge in [0, 0.05) is 24.7 Å². The van der Waals surface area contributed by atoms with Gasteiger partial charge in [0.2, 0.25) is 15.9 Å². The van der Waals surface area contributed by atoms with Gasteiger partial charge in [-0.05, 0) is 37.1 Å². The molecule has 0 saturated carbocycles. The molecule has 2 rings (SSSR count). The minimum Gasteiger partial charge on any atom is -0.481 e. The quantitative estimate of drug-likeness (QED) is 0.812. The highest BCUT2D eigenvalue weighted by atomic mass is 35.5. The molecule has 0 aromatic heterocycles. The fourth-order valence-electron chi connectivity index (χ4n) is 2.73. The first-order chi connectivity index (χ1) is 11.2. The third kappa shape index (κ3) is 4.25. The number of benzene rings is 1.